The maximum atomic E-state index is 6.04. The molecule has 4 rings (SSSR count). The van der Waals surface area contributed by atoms with Crippen LogP contribution in [0.4, 0.5) is 0 Å². The molecule has 3 aliphatic rings. The van der Waals surface area contributed by atoms with E-state index in [9.17, 15) is 0 Å². The Balaban J connectivity index is 1.40. The Kier molecular flexibility index (Phi) is 5.18. The number of rotatable bonds is 3. The minimum atomic E-state index is 0.323. The molecule has 4 nitrogen and oxygen atoms in total. The van der Waals surface area contributed by atoms with E-state index in [0.29, 0.717) is 5.41 Å². The smallest absolute Gasteiger partial charge is 0.0593 e. The zero-order valence-electron chi connectivity index (χ0n) is 14.7. The second-order valence-electron chi connectivity index (χ2n) is 7.81. The fourth-order valence-electron chi connectivity index (χ4n) is 4.64. The quantitative estimate of drug-likeness (QED) is 0.850. The average Bonchev–Trinajstić information content (AvgIpc) is 2.94. The lowest BCUT2D eigenvalue weighted by atomic mass is 9.87. The lowest BCUT2D eigenvalue weighted by Gasteiger charge is -2.35. The molecule has 0 saturated carbocycles. The summed E-state index contributed by atoms with van der Waals surface area (Å²) in [5, 5.41) is 0. The number of nitrogens with zero attached hydrogens (tertiary/aromatic N) is 2. The molecule has 3 heterocycles. The van der Waals surface area contributed by atoms with E-state index in [1.165, 1.54) is 44.5 Å². The van der Waals surface area contributed by atoms with Gasteiger partial charge in [-0.2, -0.15) is 0 Å². The molecule has 3 aliphatic heterocycles. The van der Waals surface area contributed by atoms with Crippen molar-refractivity contribution in [2.45, 2.75) is 31.8 Å². The van der Waals surface area contributed by atoms with Crippen LogP contribution < -0.4 is 0 Å². The molecule has 3 saturated heterocycles. The Morgan fingerprint density at radius 2 is 1.79 bits per heavy atom. The maximum absolute atomic E-state index is 6.04. The van der Waals surface area contributed by atoms with Gasteiger partial charge in [-0.3, -0.25) is 9.80 Å². The fraction of sp³-hybridized carbons (Fsp3) is 0.700. The number of ether oxygens (including phenoxy) is 2. The molecule has 1 atom stereocenters. The van der Waals surface area contributed by atoms with E-state index in [2.05, 4.69) is 40.1 Å². The number of likely N-dealkylation sites (tertiary alicyclic amines) is 1. The zero-order valence-corrected chi connectivity index (χ0v) is 14.7. The van der Waals surface area contributed by atoms with Crippen molar-refractivity contribution in [3.63, 3.8) is 0 Å². The third-order valence-corrected chi connectivity index (χ3v) is 5.94. The molecular weight excluding hydrogens is 300 g/mol. The molecule has 0 N–H and O–H groups in total. The summed E-state index contributed by atoms with van der Waals surface area (Å²) in [7, 11) is 0. The first-order chi connectivity index (χ1) is 11.8. The summed E-state index contributed by atoms with van der Waals surface area (Å²) in [4.78, 5) is 5.33. The molecule has 4 heteroatoms. The molecule has 1 spiro atoms. The van der Waals surface area contributed by atoms with Crippen molar-refractivity contribution in [1.82, 2.24) is 9.80 Å². The lowest BCUT2D eigenvalue weighted by molar-refractivity contribution is 0.0284. The Morgan fingerprint density at radius 3 is 2.62 bits per heavy atom. The first-order valence-corrected chi connectivity index (χ1v) is 9.49. The van der Waals surface area contributed by atoms with Gasteiger partial charge in [-0.1, -0.05) is 30.3 Å². The molecule has 1 aromatic rings. The molecule has 0 amide bonds. The van der Waals surface area contributed by atoms with Crippen LogP contribution in [0.2, 0.25) is 0 Å². The van der Waals surface area contributed by atoms with Gasteiger partial charge in [0.15, 0.2) is 0 Å². The van der Waals surface area contributed by atoms with E-state index in [1.807, 2.05) is 0 Å². The van der Waals surface area contributed by atoms with Crippen LogP contribution in [-0.2, 0) is 16.0 Å². The molecule has 1 aromatic carbocycles. The minimum absolute atomic E-state index is 0.323. The molecule has 24 heavy (non-hydrogen) atoms. The Morgan fingerprint density at radius 1 is 0.958 bits per heavy atom. The zero-order chi connectivity index (χ0) is 16.2. The molecule has 0 radical (unpaired) electrons. The molecule has 132 valence electrons. The predicted octanol–water partition coefficient (Wildman–Crippen LogP) is 2.39. The normalized spacial score (nSPS) is 30.7. The first-order valence-electron chi connectivity index (χ1n) is 9.49. The standard InChI is InChI=1S/C20H30N2O2/c1-2-4-18(5-3-1)14-21-10-13-24-17-20(15-21)8-9-22(16-20)19-6-11-23-12-7-19/h1-5,19H,6-17H2/t20-/m1/s1. The van der Waals surface area contributed by atoms with Crippen molar-refractivity contribution in [3.8, 4) is 0 Å². The van der Waals surface area contributed by atoms with E-state index < -0.39 is 0 Å². The number of hydrogen-bond acceptors (Lipinski definition) is 4. The van der Waals surface area contributed by atoms with E-state index in [0.717, 1.165) is 45.6 Å². The highest BCUT2D eigenvalue weighted by Gasteiger charge is 2.43. The van der Waals surface area contributed by atoms with Gasteiger partial charge in [0.1, 0.15) is 0 Å². The van der Waals surface area contributed by atoms with Gasteiger partial charge in [-0.25, -0.2) is 0 Å². The van der Waals surface area contributed by atoms with Crippen molar-refractivity contribution in [2.24, 2.45) is 5.41 Å². The van der Waals surface area contributed by atoms with Gasteiger partial charge in [-0.05, 0) is 31.4 Å². The second-order valence-corrected chi connectivity index (χ2v) is 7.81. The van der Waals surface area contributed by atoms with Gasteiger partial charge >= 0.3 is 0 Å². The monoisotopic (exact) mass is 330 g/mol. The predicted molar refractivity (Wildman–Crippen MR) is 95.0 cm³/mol. The van der Waals surface area contributed by atoms with Crippen LogP contribution in [-0.4, -0.2) is 68.4 Å². The summed E-state index contributed by atoms with van der Waals surface area (Å²) < 4.78 is 11.6. The van der Waals surface area contributed by atoms with E-state index >= 15 is 0 Å². The van der Waals surface area contributed by atoms with Gasteiger partial charge in [0, 0.05) is 50.8 Å². The summed E-state index contributed by atoms with van der Waals surface area (Å²) >= 11 is 0. The molecule has 0 bridgehead atoms. The van der Waals surface area contributed by atoms with Crippen molar-refractivity contribution >= 4 is 0 Å². The van der Waals surface area contributed by atoms with Gasteiger partial charge < -0.3 is 9.47 Å². The van der Waals surface area contributed by atoms with Crippen LogP contribution in [0.15, 0.2) is 30.3 Å². The Hall–Kier alpha value is -0.940. The average molecular weight is 330 g/mol. The summed E-state index contributed by atoms with van der Waals surface area (Å²) in [5.41, 5.74) is 1.73. The van der Waals surface area contributed by atoms with Gasteiger partial charge in [0.25, 0.3) is 0 Å². The van der Waals surface area contributed by atoms with Crippen LogP contribution in [0.1, 0.15) is 24.8 Å². The van der Waals surface area contributed by atoms with Gasteiger partial charge in [-0.15, -0.1) is 0 Å². The van der Waals surface area contributed by atoms with Crippen molar-refractivity contribution in [1.29, 1.82) is 0 Å². The highest BCUT2D eigenvalue weighted by Crippen LogP contribution is 2.36. The Bertz CT molecular complexity index is 518. The second kappa shape index (κ2) is 7.52. The topological polar surface area (TPSA) is 24.9 Å². The van der Waals surface area contributed by atoms with Crippen LogP contribution in [0.3, 0.4) is 0 Å². The van der Waals surface area contributed by atoms with Crippen LogP contribution in [0, 0.1) is 5.41 Å². The van der Waals surface area contributed by atoms with Crippen LogP contribution in [0.25, 0.3) is 0 Å². The third-order valence-electron chi connectivity index (χ3n) is 5.94. The van der Waals surface area contributed by atoms with Gasteiger partial charge in [0.2, 0.25) is 0 Å². The van der Waals surface area contributed by atoms with Crippen molar-refractivity contribution in [2.75, 3.05) is 52.6 Å². The maximum Gasteiger partial charge on any atom is 0.0593 e. The van der Waals surface area contributed by atoms with Crippen LogP contribution >= 0.6 is 0 Å². The first kappa shape index (κ1) is 16.5. The SMILES string of the molecule is c1ccc(CN2CCOC[C@]3(CCN(C4CCOCC4)C3)C2)cc1. The van der Waals surface area contributed by atoms with E-state index in [1.54, 1.807) is 0 Å². The highest BCUT2D eigenvalue weighted by molar-refractivity contribution is 5.14. The number of hydrogen-bond donors (Lipinski definition) is 0. The van der Waals surface area contributed by atoms with Crippen LogP contribution in [0.5, 0.6) is 0 Å². The molecule has 0 aromatic heterocycles. The summed E-state index contributed by atoms with van der Waals surface area (Å²) in [6.45, 7) is 9.36. The third kappa shape index (κ3) is 3.83. The molecule has 0 unspecified atom stereocenters. The number of benzene rings is 1. The Labute approximate surface area is 145 Å². The summed E-state index contributed by atoms with van der Waals surface area (Å²) in [5.74, 6) is 0. The summed E-state index contributed by atoms with van der Waals surface area (Å²) in [6.07, 6.45) is 3.67. The van der Waals surface area contributed by atoms with Crippen molar-refractivity contribution < 1.29 is 9.47 Å². The van der Waals surface area contributed by atoms with Crippen molar-refractivity contribution in [3.05, 3.63) is 35.9 Å². The van der Waals surface area contributed by atoms with E-state index in [-0.39, 0.29) is 0 Å². The van der Waals surface area contributed by atoms with Gasteiger partial charge in [0.05, 0.1) is 13.2 Å². The highest BCUT2D eigenvalue weighted by atomic mass is 16.5. The summed E-state index contributed by atoms with van der Waals surface area (Å²) in [6, 6.07) is 11.6. The molecule has 0 aliphatic carbocycles. The largest absolute Gasteiger partial charge is 0.381 e. The van der Waals surface area contributed by atoms with E-state index in [4.69, 9.17) is 9.47 Å². The molecular formula is C20H30N2O2. The fourth-order valence-corrected chi connectivity index (χ4v) is 4.64. The lowest BCUT2D eigenvalue weighted by Crippen LogP contribution is -2.43. The molecule has 3 fully saturated rings. The minimum Gasteiger partial charge on any atom is -0.381 e.